The average molecular weight is 440 g/mol. The van der Waals surface area contributed by atoms with Gasteiger partial charge in [-0.3, -0.25) is 9.59 Å². The standard InChI is InChI=1S/C22H18ClN3O3S/c23-14-10-11-15(17(13-14)26-22(28)18-6-4-12-29-18)24-20(27)8-3-9-21-25-16-5-1-2-7-19(16)30-21/h1-2,4-7,10-13H,3,8-9H2,(H,24,27)(H,26,28). The molecule has 6 nitrogen and oxygen atoms in total. The minimum absolute atomic E-state index is 0.146. The summed E-state index contributed by atoms with van der Waals surface area (Å²) in [6, 6.07) is 16.1. The fourth-order valence-electron chi connectivity index (χ4n) is 2.96. The zero-order valence-electron chi connectivity index (χ0n) is 15.9. The number of hydrogen-bond acceptors (Lipinski definition) is 5. The first-order chi connectivity index (χ1) is 14.6. The fraction of sp³-hybridized carbons (Fsp3) is 0.136. The van der Waals surface area contributed by atoms with Gasteiger partial charge in [0.2, 0.25) is 5.91 Å². The summed E-state index contributed by atoms with van der Waals surface area (Å²) in [7, 11) is 0. The Morgan fingerprint density at radius 1 is 1.03 bits per heavy atom. The highest BCUT2D eigenvalue weighted by atomic mass is 35.5. The van der Waals surface area contributed by atoms with Crippen molar-refractivity contribution in [3.05, 3.63) is 76.7 Å². The van der Waals surface area contributed by atoms with Crippen molar-refractivity contribution in [2.45, 2.75) is 19.3 Å². The van der Waals surface area contributed by atoms with Crippen LogP contribution in [-0.2, 0) is 11.2 Å². The average Bonchev–Trinajstić information content (AvgIpc) is 3.39. The summed E-state index contributed by atoms with van der Waals surface area (Å²) < 4.78 is 6.25. The first-order valence-corrected chi connectivity index (χ1v) is 10.6. The topological polar surface area (TPSA) is 84.2 Å². The summed E-state index contributed by atoms with van der Waals surface area (Å²) in [5.41, 5.74) is 1.87. The van der Waals surface area contributed by atoms with Crippen molar-refractivity contribution < 1.29 is 14.0 Å². The number of aromatic nitrogens is 1. The van der Waals surface area contributed by atoms with Crippen molar-refractivity contribution in [1.82, 2.24) is 4.98 Å². The molecule has 0 radical (unpaired) electrons. The molecule has 0 saturated carbocycles. The van der Waals surface area contributed by atoms with Gasteiger partial charge in [0.15, 0.2) is 5.76 Å². The Morgan fingerprint density at radius 2 is 1.90 bits per heavy atom. The van der Waals surface area contributed by atoms with Gasteiger partial charge in [0.25, 0.3) is 5.91 Å². The molecule has 2 heterocycles. The SMILES string of the molecule is O=C(CCCc1nc2ccccc2s1)Nc1ccc(Cl)cc1NC(=O)c1ccco1. The highest BCUT2D eigenvalue weighted by Crippen LogP contribution is 2.27. The van der Waals surface area contributed by atoms with Crippen LogP contribution in [0, 0.1) is 0 Å². The van der Waals surface area contributed by atoms with E-state index >= 15 is 0 Å². The van der Waals surface area contributed by atoms with Crippen molar-refractivity contribution in [2.75, 3.05) is 10.6 Å². The predicted molar refractivity (Wildman–Crippen MR) is 119 cm³/mol. The number of nitrogens with zero attached hydrogens (tertiary/aromatic N) is 1. The third-order valence-corrected chi connectivity index (χ3v) is 5.71. The third-order valence-electron chi connectivity index (χ3n) is 4.38. The number of anilines is 2. The zero-order chi connectivity index (χ0) is 20.9. The van der Waals surface area contributed by atoms with Gasteiger partial charge in [-0.2, -0.15) is 0 Å². The number of fused-ring (bicyclic) bond motifs is 1. The predicted octanol–water partition coefficient (Wildman–Crippen LogP) is 5.76. The Bertz CT molecular complexity index is 1150. The number of carbonyl (C=O) groups is 2. The van der Waals surface area contributed by atoms with Crippen LogP contribution in [0.1, 0.15) is 28.4 Å². The normalized spacial score (nSPS) is 10.8. The second kappa shape index (κ2) is 9.11. The molecular formula is C22H18ClN3O3S. The minimum Gasteiger partial charge on any atom is -0.459 e. The number of thiazole rings is 1. The highest BCUT2D eigenvalue weighted by molar-refractivity contribution is 7.18. The van der Waals surface area contributed by atoms with Gasteiger partial charge in [0, 0.05) is 11.4 Å². The van der Waals surface area contributed by atoms with Gasteiger partial charge in [-0.1, -0.05) is 23.7 Å². The minimum atomic E-state index is -0.423. The summed E-state index contributed by atoms with van der Waals surface area (Å²) in [6.07, 6.45) is 3.16. The Kier molecular flexibility index (Phi) is 6.11. The Hall–Kier alpha value is -3.16. The van der Waals surface area contributed by atoms with Gasteiger partial charge in [0.05, 0.1) is 32.9 Å². The van der Waals surface area contributed by atoms with Crippen molar-refractivity contribution >= 4 is 56.3 Å². The molecular weight excluding hydrogens is 422 g/mol. The van der Waals surface area contributed by atoms with Gasteiger partial charge < -0.3 is 15.1 Å². The summed E-state index contributed by atoms with van der Waals surface area (Å²) in [6.45, 7) is 0. The first kappa shape index (κ1) is 20.1. The number of amides is 2. The van der Waals surface area contributed by atoms with E-state index in [1.165, 1.54) is 6.26 Å². The number of hydrogen-bond donors (Lipinski definition) is 2. The van der Waals surface area contributed by atoms with Gasteiger partial charge >= 0.3 is 0 Å². The molecule has 0 aliphatic rings. The molecule has 0 fully saturated rings. The fourth-order valence-corrected chi connectivity index (χ4v) is 4.14. The lowest BCUT2D eigenvalue weighted by molar-refractivity contribution is -0.116. The van der Waals surface area contributed by atoms with Crippen LogP contribution in [0.3, 0.4) is 0 Å². The largest absolute Gasteiger partial charge is 0.459 e. The van der Waals surface area contributed by atoms with Crippen LogP contribution in [0.5, 0.6) is 0 Å². The summed E-state index contributed by atoms with van der Waals surface area (Å²) in [4.78, 5) is 29.3. The van der Waals surface area contributed by atoms with E-state index in [0.717, 1.165) is 21.6 Å². The number of aryl methyl sites for hydroxylation is 1. The molecule has 4 aromatic rings. The monoisotopic (exact) mass is 439 g/mol. The maximum atomic E-state index is 12.4. The number of para-hydroxylation sites is 1. The van der Waals surface area contributed by atoms with Crippen LogP contribution >= 0.6 is 22.9 Å². The number of nitrogens with one attached hydrogen (secondary N) is 2. The van der Waals surface area contributed by atoms with E-state index in [9.17, 15) is 9.59 Å². The van der Waals surface area contributed by atoms with Gasteiger partial charge in [-0.25, -0.2) is 4.98 Å². The summed E-state index contributed by atoms with van der Waals surface area (Å²) >= 11 is 7.70. The highest BCUT2D eigenvalue weighted by Gasteiger charge is 2.14. The van der Waals surface area contributed by atoms with E-state index in [1.54, 1.807) is 41.7 Å². The molecule has 0 atom stereocenters. The maximum absolute atomic E-state index is 12.4. The van der Waals surface area contributed by atoms with Crippen molar-refractivity contribution in [3.63, 3.8) is 0 Å². The lowest BCUT2D eigenvalue weighted by Crippen LogP contribution is -2.16. The first-order valence-electron chi connectivity index (χ1n) is 9.37. The molecule has 2 aromatic carbocycles. The van der Waals surface area contributed by atoms with Crippen molar-refractivity contribution in [2.24, 2.45) is 0 Å². The van der Waals surface area contributed by atoms with E-state index in [4.69, 9.17) is 16.0 Å². The van der Waals surface area contributed by atoms with E-state index in [1.807, 2.05) is 24.3 Å². The molecule has 0 bridgehead atoms. The number of benzene rings is 2. The van der Waals surface area contributed by atoms with Crippen molar-refractivity contribution in [3.8, 4) is 0 Å². The Morgan fingerprint density at radius 3 is 2.70 bits per heavy atom. The third kappa shape index (κ3) is 4.87. The molecule has 2 N–H and O–H groups in total. The van der Waals surface area contributed by atoms with E-state index < -0.39 is 5.91 Å². The lowest BCUT2D eigenvalue weighted by atomic mass is 10.2. The van der Waals surface area contributed by atoms with Crippen LogP contribution in [-0.4, -0.2) is 16.8 Å². The lowest BCUT2D eigenvalue weighted by Gasteiger charge is -2.12. The molecule has 8 heteroatoms. The number of halogens is 1. The Labute approximate surface area is 181 Å². The van der Waals surface area contributed by atoms with Crippen LogP contribution in [0.15, 0.2) is 65.3 Å². The summed E-state index contributed by atoms with van der Waals surface area (Å²) in [5.74, 6) is -0.399. The maximum Gasteiger partial charge on any atom is 0.291 e. The summed E-state index contributed by atoms with van der Waals surface area (Å²) in [5, 5.41) is 7.02. The molecule has 2 amide bonds. The zero-order valence-corrected chi connectivity index (χ0v) is 17.4. The molecule has 152 valence electrons. The van der Waals surface area contributed by atoms with Crippen LogP contribution in [0.2, 0.25) is 5.02 Å². The molecule has 0 aliphatic carbocycles. The quantitative estimate of drug-likeness (QED) is 0.383. The molecule has 4 rings (SSSR count). The van der Waals surface area contributed by atoms with Crippen LogP contribution in [0.25, 0.3) is 10.2 Å². The van der Waals surface area contributed by atoms with Gasteiger partial charge in [-0.05, 0) is 55.3 Å². The van der Waals surface area contributed by atoms with Crippen molar-refractivity contribution in [1.29, 1.82) is 0 Å². The molecule has 2 aromatic heterocycles. The van der Waals surface area contributed by atoms with E-state index in [0.29, 0.717) is 29.2 Å². The van der Waals surface area contributed by atoms with Gasteiger partial charge in [-0.15, -0.1) is 11.3 Å². The molecule has 0 saturated heterocycles. The van der Waals surface area contributed by atoms with E-state index in [-0.39, 0.29) is 11.7 Å². The number of furan rings is 1. The second-order valence-electron chi connectivity index (χ2n) is 6.60. The second-order valence-corrected chi connectivity index (χ2v) is 8.15. The smallest absolute Gasteiger partial charge is 0.291 e. The molecule has 30 heavy (non-hydrogen) atoms. The van der Waals surface area contributed by atoms with E-state index in [2.05, 4.69) is 15.6 Å². The number of carbonyl (C=O) groups excluding carboxylic acids is 2. The van der Waals surface area contributed by atoms with Crippen LogP contribution < -0.4 is 10.6 Å². The molecule has 0 aliphatic heterocycles. The molecule has 0 spiro atoms. The molecule has 0 unspecified atom stereocenters. The number of rotatable bonds is 7. The van der Waals surface area contributed by atoms with Crippen LogP contribution in [0.4, 0.5) is 11.4 Å². The Balaban J connectivity index is 1.36. The van der Waals surface area contributed by atoms with Gasteiger partial charge in [0.1, 0.15) is 0 Å².